The Bertz CT molecular complexity index is 194. The molecule has 0 saturated heterocycles. The van der Waals surface area contributed by atoms with Crippen LogP contribution in [0.15, 0.2) is 0 Å². The first kappa shape index (κ1) is 20.0. The van der Waals surface area contributed by atoms with E-state index in [4.69, 9.17) is 0 Å². The maximum Gasteiger partial charge on any atom is 0.212 e. The quantitative estimate of drug-likeness (QED) is 0.263. The monoisotopic (exact) mass is 299 g/mol. The fourth-order valence-corrected chi connectivity index (χ4v) is 2.77. The van der Waals surface area contributed by atoms with Crippen molar-refractivity contribution in [3.63, 3.8) is 0 Å². The lowest BCUT2D eigenvalue weighted by molar-refractivity contribution is 0.529. The average molecular weight is 300 g/mol. The summed E-state index contributed by atoms with van der Waals surface area (Å²) in [6.07, 6.45) is 22.0. The van der Waals surface area contributed by atoms with Crippen LogP contribution < -0.4 is 0 Å². The van der Waals surface area contributed by atoms with Gasteiger partial charge in [-0.05, 0) is 6.42 Å². The Morgan fingerprint density at radius 2 is 1.05 bits per heavy atom. The first-order chi connectivity index (χ1) is 9.81. The predicted molar refractivity (Wildman–Crippen MR) is 93.4 cm³/mol. The molecule has 20 heavy (non-hydrogen) atoms. The summed E-state index contributed by atoms with van der Waals surface area (Å²) >= 11 is 4.12. The van der Waals surface area contributed by atoms with Crippen LogP contribution in [0.4, 0.5) is 0 Å². The second-order valence-electron chi connectivity index (χ2n) is 6.02. The molecule has 0 N–H and O–H groups in total. The van der Waals surface area contributed by atoms with E-state index >= 15 is 0 Å². The van der Waals surface area contributed by atoms with E-state index in [0.29, 0.717) is 0 Å². The molecule has 0 spiro atoms. The predicted octanol–water partition coefficient (Wildman–Crippen LogP) is 6.27. The zero-order valence-corrected chi connectivity index (χ0v) is 14.4. The molecule has 0 aliphatic carbocycles. The van der Waals surface area contributed by atoms with Crippen LogP contribution in [0.2, 0.25) is 0 Å². The van der Waals surface area contributed by atoms with Gasteiger partial charge in [-0.15, -0.1) is 0 Å². The summed E-state index contributed by atoms with van der Waals surface area (Å²) in [6, 6.07) is 0. The highest BCUT2D eigenvalue weighted by molar-refractivity contribution is 7.81. The van der Waals surface area contributed by atoms with Crippen molar-refractivity contribution < 1.29 is 4.79 Å². The second-order valence-corrected chi connectivity index (χ2v) is 6.64. The Morgan fingerprint density at radius 1 is 0.700 bits per heavy atom. The maximum absolute atomic E-state index is 10.3. The van der Waals surface area contributed by atoms with Crippen LogP contribution in [0.25, 0.3) is 0 Å². The number of unbranched alkanes of at least 4 members (excludes halogenated alkanes) is 13. The highest BCUT2D eigenvalue weighted by Crippen LogP contribution is 2.14. The summed E-state index contributed by atoms with van der Waals surface area (Å²) in [5.41, 5.74) is 0. The Morgan fingerprint density at radius 3 is 1.40 bits per heavy atom. The molecular weight excluding hydrogens is 264 g/mol. The van der Waals surface area contributed by atoms with Crippen molar-refractivity contribution in [2.75, 3.05) is 0 Å². The van der Waals surface area contributed by atoms with Crippen LogP contribution in [0, 0.1) is 0 Å². The summed E-state index contributed by atoms with van der Waals surface area (Å²) in [6.45, 7) is 2.28. The molecule has 0 rings (SSSR count). The lowest BCUT2D eigenvalue weighted by atomic mass is 10.0. The van der Waals surface area contributed by atoms with Crippen LogP contribution in [-0.2, 0) is 4.79 Å². The van der Waals surface area contributed by atoms with Gasteiger partial charge in [0.25, 0.3) is 0 Å². The van der Waals surface area contributed by atoms with Crippen molar-refractivity contribution in [3.05, 3.63) is 0 Å². The van der Waals surface area contributed by atoms with E-state index in [1.165, 1.54) is 83.5 Å². The average Bonchev–Trinajstić information content (AvgIpc) is 2.47. The highest BCUT2D eigenvalue weighted by atomic mass is 32.1. The minimum Gasteiger partial charge on any atom is -0.290 e. The van der Waals surface area contributed by atoms with Gasteiger partial charge < -0.3 is 0 Å². The van der Waals surface area contributed by atoms with Crippen molar-refractivity contribution >= 4 is 18.9 Å². The minimum atomic E-state index is -0.160. The summed E-state index contributed by atoms with van der Waals surface area (Å²) < 4.78 is 0. The molecule has 0 amide bonds. The van der Waals surface area contributed by atoms with Gasteiger partial charge in [-0.1, -0.05) is 96.8 Å². The fourth-order valence-electron chi connectivity index (χ4n) is 2.59. The molecule has 0 aromatic heterocycles. The first-order valence-corrected chi connectivity index (χ1v) is 9.38. The normalized spacial score (nSPS) is 12.5. The zero-order valence-electron chi connectivity index (χ0n) is 13.5. The molecule has 0 aliphatic heterocycles. The molecule has 1 radical (unpaired) electrons. The third kappa shape index (κ3) is 16.1. The summed E-state index contributed by atoms with van der Waals surface area (Å²) in [5, 5.41) is -0.160. The van der Waals surface area contributed by atoms with E-state index in [-0.39, 0.29) is 5.25 Å². The molecule has 0 heterocycles. The van der Waals surface area contributed by atoms with Gasteiger partial charge in [0.05, 0.1) is 5.25 Å². The minimum absolute atomic E-state index is 0.160. The van der Waals surface area contributed by atoms with Crippen molar-refractivity contribution in [1.29, 1.82) is 0 Å². The van der Waals surface area contributed by atoms with Gasteiger partial charge >= 0.3 is 0 Å². The number of thiol groups is 1. The van der Waals surface area contributed by atoms with Gasteiger partial charge in [0, 0.05) is 0 Å². The summed E-state index contributed by atoms with van der Waals surface area (Å²) in [7, 11) is 0. The van der Waals surface area contributed by atoms with Crippen molar-refractivity contribution in [2.24, 2.45) is 0 Å². The molecule has 0 bridgehead atoms. The molecule has 119 valence electrons. The fraction of sp³-hybridized carbons (Fsp3) is 0.944. The lowest BCUT2D eigenvalue weighted by Gasteiger charge is -2.04. The summed E-state index contributed by atoms with van der Waals surface area (Å²) in [4.78, 5) is 10.3. The van der Waals surface area contributed by atoms with Gasteiger partial charge in [0.15, 0.2) is 0 Å². The molecular formula is C18H35OS. The SMILES string of the molecule is CCCCCCCCCCCCCCCCC(S)[C]=O. The third-order valence-electron chi connectivity index (χ3n) is 3.97. The van der Waals surface area contributed by atoms with E-state index in [2.05, 4.69) is 19.6 Å². The molecule has 0 aliphatic rings. The van der Waals surface area contributed by atoms with Crippen molar-refractivity contribution in [1.82, 2.24) is 0 Å². The molecule has 1 unspecified atom stereocenters. The smallest absolute Gasteiger partial charge is 0.212 e. The molecule has 2 heteroatoms. The maximum atomic E-state index is 10.3. The van der Waals surface area contributed by atoms with Crippen LogP contribution >= 0.6 is 12.6 Å². The van der Waals surface area contributed by atoms with Gasteiger partial charge in [-0.3, -0.25) is 4.79 Å². The van der Waals surface area contributed by atoms with Gasteiger partial charge in [0.1, 0.15) is 0 Å². The third-order valence-corrected chi connectivity index (χ3v) is 4.33. The number of rotatable bonds is 16. The van der Waals surface area contributed by atoms with Crippen molar-refractivity contribution in [2.45, 2.75) is 108 Å². The highest BCUT2D eigenvalue weighted by Gasteiger charge is 2.00. The standard InChI is InChI=1S/C18H35OS/c1-2-3-4-5-6-7-8-9-10-11-12-13-14-15-16-18(20)17-19/h18,20H,2-16H2,1H3. The molecule has 1 nitrogen and oxygen atoms in total. The summed E-state index contributed by atoms with van der Waals surface area (Å²) in [5.74, 6) is 0. The van der Waals surface area contributed by atoms with Crippen LogP contribution in [0.3, 0.4) is 0 Å². The van der Waals surface area contributed by atoms with Crippen molar-refractivity contribution in [3.8, 4) is 0 Å². The molecule has 1 atom stereocenters. The number of hydrogen-bond acceptors (Lipinski definition) is 2. The Kier molecular flexibility index (Phi) is 17.1. The van der Waals surface area contributed by atoms with E-state index in [0.717, 1.165) is 12.8 Å². The lowest BCUT2D eigenvalue weighted by Crippen LogP contribution is -1.98. The van der Waals surface area contributed by atoms with E-state index in [9.17, 15) is 4.79 Å². The van der Waals surface area contributed by atoms with Gasteiger partial charge in [-0.25, -0.2) is 0 Å². The Balaban J connectivity index is 2.97. The Labute approximate surface area is 132 Å². The van der Waals surface area contributed by atoms with Crippen LogP contribution in [-0.4, -0.2) is 11.5 Å². The zero-order chi connectivity index (χ0) is 14.9. The molecule has 0 aromatic rings. The van der Waals surface area contributed by atoms with Gasteiger partial charge in [0.2, 0.25) is 6.29 Å². The van der Waals surface area contributed by atoms with Gasteiger partial charge in [-0.2, -0.15) is 12.6 Å². The second kappa shape index (κ2) is 17.1. The number of carbonyl (C=O) groups excluding carboxylic acids is 1. The largest absolute Gasteiger partial charge is 0.290 e. The molecule has 0 aromatic carbocycles. The van der Waals surface area contributed by atoms with Crippen LogP contribution in [0.5, 0.6) is 0 Å². The number of hydrogen-bond donors (Lipinski definition) is 1. The van der Waals surface area contributed by atoms with E-state index in [1.54, 1.807) is 0 Å². The van der Waals surface area contributed by atoms with E-state index in [1.807, 2.05) is 6.29 Å². The van der Waals surface area contributed by atoms with Crippen LogP contribution in [0.1, 0.15) is 103 Å². The van der Waals surface area contributed by atoms with E-state index < -0.39 is 0 Å². The Hall–Kier alpha value is 0.0200. The topological polar surface area (TPSA) is 17.1 Å². The molecule has 0 fully saturated rings. The molecule has 0 saturated carbocycles. The first-order valence-electron chi connectivity index (χ1n) is 8.87.